The maximum absolute atomic E-state index is 4.97. The number of aromatic nitrogens is 4. The van der Waals surface area contributed by atoms with Gasteiger partial charge in [-0.2, -0.15) is 0 Å². The molecule has 0 saturated carbocycles. The minimum atomic E-state index is -0.0109. The minimum absolute atomic E-state index is 0.0109. The molecule has 5 nitrogen and oxygen atoms in total. The van der Waals surface area contributed by atoms with Crippen molar-refractivity contribution in [2.75, 3.05) is 0 Å². The molecule has 5 rings (SSSR count). The molecule has 2 atom stereocenters. The fourth-order valence-electron chi connectivity index (χ4n) is 4.62. The van der Waals surface area contributed by atoms with Crippen LogP contribution in [-0.4, -0.2) is 24.8 Å². The predicted molar refractivity (Wildman–Crippen MR) is 139 cm³/mol. The van der Waals surface area contributed by atoms with Crippen molar-refractivity contribution in [2.45, 2.75) is 31.5 Å². The van der Waals surface area contributed by atoms with Gasteiger partial charge in [-0.05, 0) is 42.7 Å². The normalized spacial score (nSPS) is 13.3. The Morgan fingerprint density at radius 1 is 0.676 bits per heavy atom. The molecule has 0 aliphatic rings. The maximum Gasteiger partial charge on any atom is 0.125 e. The Hall–Kier alpha value is -3.96. The molecular weight excluding hydrogens is 418 g/mol. The fraction of sp³-hybridized carbons (Fsp3) is 0.172. The molecule has 5 aromatic rings. The van der Waals surface area contributed by atoms with Crippen LogP contribution in [-0.2, 0) is 6.54 Å². The van der Waals surface area contributed by atoms with Gasteiger partial charge in [0.25, 0.3) is 0 Å². The smallest absolute Gasteiger partial charge is 0.125 e. The lowest BCUT2D eigenvalue weighted by Crippen LogP contribution is -2.33. The second-order valence-electron chi connectivity index (χ2n) is 8.52. The van der Waals surface area contributed by atoms with E-state index >= 15 is 0 Å². The Kier molecular flexibility index (Phi) is 6.36. The first-order chi connectivity index (χ1) is 16.8. The van der Waals surface area contributed by atoms with Gasteiger partial charge in [0.05, 0.1) is 34.2 Å². The number of aromatic amines is 2. The first kappa shape index (κ1) is 21.9. The van der Waals surface area contributed by atoms with E-state index in [1.807, 2.05) is 48.6 Å². The first-order valence-electron chi connectivity index (χ1n) is 11.7. The van der Waals surface area contributed by atoms with Crippen LogP contribution in [0, 0.1) is 0 Å². The summed E-state index contributed by atoms with van der Waals surface area (Å²) in [6.07, 6.45) is 5.44. The number of hydrogen-bond acceptors (Lipinski definition) is 3. The second kappa shape index (κ2) is 9.89. The number of nitrogens with one attached hydrogen (secondary N) is 2. The zero-order valence-electron chi connectivity index (χ0n) is 19.2. The van der Waals surface area contributed by atoms with E-state index in [4.69, 9.17) is 9.97 Å². The monoisotopic (exact) mass is 447 g/mol. The molecule has 2 unspecified atom stereocenters. The molecule has 5 heteroatoms. The highest BCUT2D eigenvalue weighted by Crippen LogP contribution is 2.36. The summed E-state index contributed by atoms with van der Waals surface area (Å²) in [4.78, 5) is 19.5. The van der Waals surface area contributed by atoms with Crippen molar-refractivity contribution in [3.8, 4) is 0 Å². The lowest BCUT2D eigenvalue weighted by Gasteiger charge is -2.36. The SMILES string of the molecule is C=CCC(c1nc2ccccc2[nH]1)N(Cc1ccccc1)C(CC=C)c1nc2ccccc2[nH]1. The standard InChI is InChI=1S/C29H29N5/c1-3-12-26(28-30-22-16-8-9-17-23(22)31-28)34(20-21-14-6-5-7-15-21)27(13-4-2)29-32-24-18-10-11-19-25(24)33-29/h3-11,14-19,26-27H,1-2,12-13,20H2,(H,30,31)(H,32,33). The average molecular weight is 448 g/mol. The topological polar surface area (TPSA) is 60.6 Å². The van der Waals surface area contributed by atoms with Crippen molar-refractivity contribution in [3.63, 3.8) is 0 Å². The highest BCUT2D eigenvalue weighted by molar-refractivity contribution is 5.75. The van der Waals surface area contributed by atoms with Gasteiger partial charge in [-0.3, -0.25) is 4.90 Å². The zero-order valence-corrected chi connectivity index (χ0v) is 19.2. The van der Waals surface area contributed by atoms with Crippen LogP contribution in [0.1, 0.15) is 42.1 Å². The molecule has 0 spiro atoms. The van der Waals surface area contributed by atoms with Gasteiger partial charge in [0.15, 0.2) is 0 Å². The van der Waals surface area contributed by atoms with Crippen molar-refractivity contribution in [3.05, 3.63) is 121 Å². The van der Waals surface area contributed by atoms with Gasteiger partial charge in [0.1, 0.15) is 11.6 Å². The van der Waals surface area contributed by atoms with E-state index in [-0.39, 0.29) is 12.1 Å². The average Bonchev–Trinajstić information content (AvgIpc) is 3.49. The lowest BCUT2D eigenvalue weighted by molar-refractivity contribution is 0.114. The third kappa shape index (κ3) is 4.43. The molecule has 170 valence electrons. The highest BCUT2D eigenvalue weighted by atomic mass is 15.2. The summed E-state index contributed by atoms with van der Waals surface area (Å²) >= 11 is 0. The summed E-state index contributed by atoms with van der Waals surface area (Å²) in [6, 6.07) is 26.9. The number of fused-ring (bicyclic) bond motifs is 2. The third-order valence-electron chi connectivity index (χ3n) is 6.24. The molecule has 0 saturated heterocycles. The molecule has 2 heterocycles. The first-order valence-corrected chi connectivity index (χ1v) is 11.7. The van der Waals surface area contributed by atoms with Crippen LogP contribution in [0.25, 0.3) is 22.1 Å². The summed E-state index contributed by atoms with van der Waals surface area (Å²) < 4.78 is 0. The third-order valence-corrected chi connectivity index (χ3v) is 6.24. The minimum Gasteiger partial charge on any atom is -0.341 e. The predicted octanol–water partition coefficient (Wildman–Crippen LogP) is 6.88. The van der Waals surface area contributed by atoms with Gasteiger partial charge in [-0.25, -0.2) is 9.97 Å². The Morgan fingerprint density at radius 3 is 1.62 bits per heavy atom. The Bertz CT molecular complexity index is 1240. The van der Waals surface area contributed by atoms with E-state index in [2.05, 4.69) is 70.5 Å². The van der Waals surface area contributed by atoms with Gasteiger partial charge < -0.3 is 9.97 Å². The Morgan fingerprint density at radius 2 is 1.15 bits per heavy atom. The van der Waals surface area contributed by atoms with Crippen LogP contribution in [0.15, 0.2) is 104 Å². The molecule has 0 amide bonds. The van der Waals surface area contributed by atoms with E-state index in [0.717, 1.165) is 53.1 Å². The van der Waals surface area contributed by atoms with Crippen LogP contribution in [0.2, 0.25) is 0 Å². The summed E-state index contributed by atoms with van der Waals surface area (Å²) in [7, 11) is 0. The summed E-state index contributed by atoms with van der Waals surface area (Å²) in [5.74, 6) is 1.87. The van der Waals surface area contributed by atoms with Gasteiger partial charge in [-0.1, -0.05) is 66.7 Å². The summed E-state index contributed by atoms with van der Waals surface area (Å²) in [5, 5.41) is 0. The molecule has 0 fully saturated rings. The van der Waals surface area contributed by atoms with Gasteiger partial charge in [-0.15, -0.1) is 13.2 Å². The molecule has 0 radical (unpaired) electrons. The Balaban J connectivity index is 1.63. The van der Waals surface area contributed by atoms with E-state index in [1.54, 1.807) is 0 Å². The molecule has 0 aliphatic heterocycles. The number of benzene rings is 3. The van der Waals surface area contributed by atoms with E-state index in [1.165, 1.54) is 5.56 Å². The van der Waals surface area contributed by atoms with Crippen LogP contribution in [0.3, 0.4) is 0 Å². The van der Waals surface area contributed by atoms with Crippen LogP contribution >= 0.6 is 0 Å². The molecule has 2 aromatic heterocycles. The lowest BCUT2D eigenvalue weighted by atomic mass is 10.0. The van der Waals surface area contributed by atoms with Crippen LogP contribution in [0.4, 0.5) is 0 Å². The van der Waals surface area contributed by atoms with Crippen molar-refractivity contribution >= 4 is 22.1 Å². The molecule has 0 bridgehead atoms. The zero-order chi connectivity index (χ0) is 23.3. The molecule has 0 aliphatic carbocycles. The second-order valence-corrected chi connectivity index (χ2v) is 8.52. The molecule has 2 N–H and O–H groups in total. The van der Waals surface area contributed by atoms with Crippen LogP contribution < -0.4 is 0 Å². The Labute approximate surface area is 199 Å². The van der Waals surface area contributed by atoms with Crippen molar-refractivity contribution < 1.29 is 0 Å². The van der Waals surface area contributed by atoms with Crippen LogP contribution in [0.5, 0.6) is 0 Å². The molecular formula is C29H29N5. The van der Waals surface area contributed by atoms with Crippen molar-refractivity contribution in [1.29, 1.82) is 0 Å². The number of rotatable bonds is 10. The summed E-state index contributed by atoms with van der Waals surface area (Å²) in [6.45, 7) is 8.88. The van der Waals surface area contributed by atoms with Gasteiger partial charge in [0.2, 0.25) is 0 Å². The van der Waals surface area contributed by atoms with Crippen molar-refractivity contribution in [2.24, 2.45) is 0 Å². The molecule has 3 aromatic carbocycles. The number of para-hydroxylation sites is 4. The van der Waals surface area contributed by atoms with E-state index < -0.39 is 0 Å². The fourth-order valence-corrected chi connectivity index (χ4v) is 4.62. The molecule has 34 heavy (non-hydrogen) atoms. The van der Waals surface area contributed by atoms with E-state index in [9.17, 15) is 0 Å². The highest BCUT2D eigenvalue weighted by Gasteiger charge is 2.31. The summed E-state index contributed by atoms with van der Waals surface area (Å²) in [5.41, 5.74) is 5.24. The number of nitrogens with zero attached hydrogens (tertiary/aromatic N) is 3. The quantitative estimate of drug-likeness (QED) is 0.230. The number of imidazole rings is 2. The largest absolute Gasteiger partial charge is 0.341 e. The van der Waals surface area contributed by atoms with Gasteiger partial charge >= 0.3 is 0 Å². The maximum atomic E-state index is 4.97. The van der Waals surface area contributed by atoms with E-state index in [0.29, 0.717) is 0 Å². The van der Waals surface area contributed by atoms with Gasteiger partial charge in [0, 0.05) is 6.54 Å². The van der Waals surface area contributed by atoms with Crippen molar-refractivity contribution in [1.82, 2.24) is 24.8 Å². The number of H-pyrrole nitrogens is 2. The number of hydrogen-bond donors (Lipinski definition) is 2.